The van der Waals surface area contributed by atoms with Gasteiger partial charge in [-0.3, -0.25) is 14.2 Å². The smallest absolute Gasteiger partial charge is 0.216 e. The third-order valence-electron chi connectivity index (χ3n) is 4.54. The van der Waals surface area contributed by atoms with Gasteiger partial charge in [0.05, 0.1) is 17.3 Å². The van der Waals surface area contributed by atoms with Crippen molar-refractivity contribution >= 4 is 62.0 Å². The number of benzene rings is 2. The molecule has 1 N–H and O–H groups in total. The second-order valence-corrected chi connectivity index (χ2v) is 9.90. The highest BCUT2D eigenvalue weighted by Gasteiger charge is 2.17. The number of halogens is 2. The number of aromatic nitrogens is 3. The van der Waals surface area contributed by atoms with Crippen LogP contribution in [0.2, 0.25) is 0 Å². The molecule has 0 fully saturated rings. The molecule has 0 bridgehead atoms. The minimum absolute atomic E-state index is 0.0114. The highest BCUT2D eigenvalue weighted by Crippen LogP contribution is 2.28. The summed E-state index contributed by atoms with van der Waals surface area (Å²) >= 11 is 7.04. The average molecular weight is 629 g/mol. The summed E-state index contributed by atoms with van der Waals surface area (Å²) in [6.45, 7) is 2.07. The Bertz CT molecular complexity index is 1110. The Morgan fingerprint density at radius 2 is 1.94 bits per heavy atom. The number of amides is 1. The first kappa shape index (κ1) is 24.7. The van der Waals surface area contributed by atoms with E-state index < -0.39 is 0 Å². The van der Waals surface area contributed by atoms with Crippen LogP contribution in [0.1, 0.15) is 29.5 Å². The molecular weight excluding hydrogens is 607 g/mol. The first-order chi connectivity index (χ1) is 15.4. The first-order valence-corrected chi connectivity index (χ1v) is 12.7. The molecule has 0 atom stereocenters. The number of Topliss-reactive ketones (excluding diaryl/α,β-unsaturated/α-hetero) is 1. The molecule has 0 aliphatic rings. The number of nitrogens with one attached hydrogen (secondary N) is 1. The van der Waals surface area contributed by atoms with Gasteiger partial charge in [0.1, 0.15) is 11.6 Å². The molecule has 0 radical (unpaired) electrons. The maximum absolute atomic E-state index is 12.8. The van der Waals surface area contributed by atoms with Crippen LogP contribution < -0.4 is 10.1 Å². The Labute approximate surface area is 213 Å². The van der Waals surface area contributed by atoms with Crippen molar-refractivity contribution in [3.8, 4) is 11.4 Å². The number of carbonyl (C=O) groups is 2. The van der Waals surface area contributed by atoms with E-state index in [2.05, 4.69) is 54.0 Å². The molecule has 0 aliphatic heterocycles. The van der Waals surface area contributed by atoms with Gasteiger partial charge >= 0.3 is 0 Å². The van der Waals surface area contributed by atoms with E-state index in [1.165, 1.54) is 18.7 Å². The van der Waals surface area contributed by atoms with Crippen LogP contribution in [0, 0.1) is 3.57 Å². The summed E-state index contributed by atoms with van der Waals surface area (Å²) < 4.78 is 9.07. The van der Waals surface area contributed by atoms with E-state index in [1.807, 2.05) is 28.8 Å². The van der Waals surface area contributed by atoms with E-state index in [9.17, 15) is 9.59 Å². The summed E-state index contributed by atoms with van der Waals surface area (Å²) in [4.78, 5) is 23.9. The van der Waals surface area contributed by atoms with Crippen LogP contribution in [0.25, 0.3) is 5.69 Å². The monoisotopic (exact) mass is 628 g/mol. The van der Waals surface area contributed by atoms with Gasteiger partial charge in [0.25, 0.3) is 0 Å². The molecule has 1 aromatic heterocycles. The lowest BCUT2D eigenvalue weighted by molar-refractivity contribution is -0.118. The molecule has 0 aliphatic carbocycles. The van der Waals surface area contributed by atoms with Crippen LogP contribution in [0.15, 0.2) is 52.1 Å². The Balaban J connectivity index is 1.77. The summed E-state index contributed by atoms with van der Waals surface area (Å²) in [5, 5.41) is 12.2. The molecule has 10 heteroatoms. The number of thioether (sulfide) groups is 1. The van der Waals surface area contributed by atoms with Gasteiger partial charge in [-0.1, -0.05) is 11.8 Å². The number of methoxy groups -OCH3 is 1. The van der Waals surface area contributed by atoms with Crippen molar-refractivity contribution in [1.82, 2.24) is 20.1 Å². The maximum Gasteiger partial charge on any atom is 0.216 e. The molecule has 7 nitrogen and oxygen atoms in total. The molecule has 3 rings (SSSR count). The van der Waals surface area contributed by atoms with E-state index in [0.29, 0.717) is 29.4 Å². The normalized spacial score (nSPS) is 10.8. The van der Waals surface area contributed by atoms with Crippen molar-refractivity contribution in [2.45, 2.75) is 24.9 Å². The second-order valence-electron chi connectivity index (χ2n) is 6.86. The van der Waals surface area contributed by atoms with E-state index in [-0.39, 0.29) is 17.4 Å². The summed E-state index contributed by atoms with van der Waals surface area (Å²) in [6, 6.07) is 13.3. The fourth-order valence-corrected chi connectivity index (χ4v) is 4.73. The SMILES string of the molecule is COc1ccc(C(=O)CSc2nnc(CCCNC(C)=O)n2-c2ccc(I)cc2)cc1Br. The van der Waals surface area contributed by atoms with Gasteiger partial charge < -0.3 is 10.1 Å². The molecule has 168 valence electrons. The largest absolute Gasteiger partial charge is 0.496 e. The Morgan fingerprint density at radius 1 is 1.19 bits per heavy atom. The van der Waals surface area contributed by atoms with E-state index in [0.717, 1.165) is 26.0 Å². The van der Waals surface area contributed by atoms with Crippen molar-refractivity contribution in [1.29, 1.82) is 0 Å². The highest BCUT2D eigenvalue weighted by atomic mass is 127. The quantitative estimate of drug-likeness (QED) is 0.152. The average Bonchev–Trinajstić information content (AvgIpc) is 3.18. The van der Waals surface area contributed by atoms with Crippen molar-refractivity contribution in [3.63, 3.8) is 0 Å². The van der Waals surface area contributed by atoms with E-state index >= 15 is 0 Å². The van der Waals surface area contributed by atoms with Crippen LogP contribution in [-0.4, -0.2) is 45.9 Å². The molecule has 0 saturated heterocycles. The number of nitrogens with zero attached hydrogens (tertiary/aromatic N) is 3. The van der Waals surface area contributed by atoms with Crippen molar-refractivity contribution in [3.05, 3.63) is 61.9 Å². The molecule has 0 saturated carbocycles. The van der Waals surface area contributed by atoms with Crippen LogP contribution >= 0.6 is 50.3 Å². The number of carbonyl (C=O) groups excluding carboxylic acids is 2. The molecule has 32 heavy (non-hydrogen) atoms. The van der Waals surface area contributed by atoms with Crippen LogP contribution in [0.4, 0.5) is 0 Å². The van der Waals surface area contributed by atoms with Gasteiger partial charge in [-0.15, -0.1) is 10.2 Å². The fourth-order valence-electron chi connectivity index (χ4n) is 2.97. The summed E-state index contributed by atoms with van der Waals surface area (Å²) in [5.41, 5.74) is 1.54. The van der Waals surface area contributed by atoms with Crippen molar-refractivity contribution in [2.24, 2.45) is 0 Å². The minimum Gasteiger partial charge on any atom is -0.496 e. The third-order valence-corrected chi connectivity index (χ3v) is 6.81. The van der Waals surface area contributed by atoms with Gasteiger partial charge in [-0.2, -0.15) is 0 Å². The molecule has 3 aromatic rings. The lowest BCUT2D eigenvalue weighted by Crippen LogP contribution is -2.21. The lowest BCUT2D eigenvalue weighted by atomic mass is 10.1. The number of ether oxygens (including phenoxy) is 1. The van der Waals surface area contributed by atoms with Crippen LogP contribution in [0.3, 0.4) is 0 Å². The number of aryl methyl sites for hydroxylation is 1. The van der Waals surface area contributed by atoms with Gasteiger partial charge in [0.15, 0.2) is 10.9 Å². The summed E-state index contributed by atoms with van der Waals surface area (Å²) in [7, 11) is 1.59. The molecular formula is C22H22BrIN4O3S. The molecule has 2 aromatic carbocycles. The van der Waals surface area contributed by atoms with Gasteiger partial charge in [-0.05, 0) is 87.4 Å². The Hall–Kier alpha value is -1.92. The number of ketones is 1. The maximum atomic E-state index is 12.8. The second kappa shape index (κ2) is 11.8. The predicted octanol–water partition coefficient (Wildman–Crippen LogP) is 4.69. The Kier molecular flexibility index (Phi) is 9.11. The third kappa shape index (κ3) is 6.55. The topological polar surface area (TPSA) is 86.1 Å². The van der Waals surface area contributed by atoms with E-state index in [4.69, 9.17) is 4.74 Å². The fraction of sp³-hybridized carbons (Fsp3) is 0.273. The van der Waals surface area contributed by atoms with E-state index in [1.54, 1.807) is 25.3 Å². The zero-order chi connectivity index (χ0) is 23.1. The lowest BCUT2D eigenvalue weighted by Gasteiger charge is -2.11. The van der Waals surface area contributed by atoms with Crippen LogP contribution in [-0.2, 0) is 11.2 Å². The molecule has 0 spiro atoms. The minimum atomic E-state index is -0.0518. The zero-order valence-corrected chi connectivity index (χ0v) is 22.2. The Morgan fingerprint density at radius 3 is 2.59 bits per heavy atom. The number of rotatable bonds is 10. The zero-order valence-electron chi connectivity index (χ0n) is 17.6. The molecule has 1 heterocycles. The predicted molar refractivity (Wildman–Crippen MR) is 137 cm³/mol. The summed E-state index contributed by atoms with van der Waals surface area (Å²) in [6.07, 6.45) is 1.39. The van der Waals surface area contributed by atoms with Gasteiger partial charge in [0.2, 0.25) is 5.91 Å². The van der Waals surface area contributed by atoms with Crippen molar-refractivity contribution < 1.29 is 14.3 Å². The molecule has 1 amide bonds. The van der Waals surface area contributed by atoms with Gasteiger partial charge in [-0.25, -0.2) is 0 Å². The standard InChI is InChI=1S/C22H22BrIN4O3S/c1-14(29)25-11-3-4-21-26-27-22(28(21)17-8-6-16(24)7-9-17)32-13-19(30)15-5-10-20(31-2)18(23)12-15/h5-10,12H,3-4,11,13H2,1-2H3,(H,25,29). The summed E-state index contributed by atoms with van der Waals surface area (Å²) in [5.74, 6) is 1.63. The highest BCUT2D eigenvalue weighted by molar-refractivity contribution is 14.1. The number of hydrogen-bond donors (Lipinski definition) is 1. The van der Waals surface area contributed by atoms with Gasteiger partial charge in [0, 0.05) is 34.7 Å². The van der Waals surface area contributed by atoms with Crippen molar-refractivity contribution in [2.75, 3.05) is 19.4 Å². The van der Waals surface area contributed by atoms with Crippen LogP contribution in [0.5, 0.6) is 5.75 Å². The first-order valence-electron chi connectivity index (χ1n) is 9.83. The number of hydrogen-bond acceptors (Lipinski definition) is 6. The molecule has 0 unspecified atom stereocenters.